The van der Waals surface area contributed by atoms with E-state index in [-0.39, 0.29) is 23.8 Å². The molecule has 3 rings (SSSR count). The zero-order valence-electron chi connectivity index (χ0n) is 17.8. The van der Waals surface area contributed by atoms with Gasteiger partial charge in [-0.25, -0.2) is 8.42 Å². The van der Waals surface area contributed by atoms with E-state index in [1.807, 2.05) is 18.2 Å². The average Bonchev–Trinajstić information content (AvgIpc) is 3.26. The van der Waals surface area contributed by atoms with E-state index < -0.39 is 10.0 Å². The molecule has 0 unspecified atom stereocenters. The van der Waals surface area contributed by atoms with Crippen LogP contribution in [-0.2, 0) is 20.2 Å². The summed E-state index contributed by atoms with van der Waals surface area (Å²) in [5.41, 5.74) is 1.09. The van der Waals surface area contributed by atoms with E-state index in [1.165, 1.54) is 15.6 Å². The second kappa shape index (κ2) is 9.49. The van der Waals surface area contributed by atoms with Gasteiger partial charge < -0.3 is 10.1 Å². The van der Waals surface area contributed by atoms with Crippen LogP contribution in [0.1, 0.15) is 39.2 Å². The van der Waals surface area contributed by atoms with Crippen molar-refractivity contribution in [2.24, 2.45) is 5.92 Å². The minimum Gasteiger partial charge on any atom is -0.491 e. The Kier molecular flexibility index (Phi) is 7.21. The van der Waals surface area contributed by atoms with E-state index in [0.717, 1.165) is 11.3 Å². The van der Waals surface area contributed by atoms with Gasteiger partial charge in [0.2, 0.25) is 5.91 Å². The average molecular weight is 451 g/mol. The van der Waals surface area contributed by atoms with Crippen LogP contribution in [0.4, 0.5) is 0 Å². The first-order valence-electron chi connectivity index (χ1n) is 10.2. The Morgan fingerprint density at radius 1 is 1.23 bits per heavy atom. The predicted octanol–water partition coefficient (Wildman–Crippen LogP) is 3.64. The molecule has 1 amide bonds. The minimum atomic E-state index is -3.52. The van der Waals surface area contributed by atoms with E-state index in [2.05, 4.69) is 32.2 Å². The third-order valence-corrected chi connectivity index (χ3v) is 8.44. The molecule has 30 heavy (non-hydrogen) atoms. The van der Waals surface area contributed by atoms with Crippen molar-refractivity contribution in [1.82, 2.24) is 9.62 Å². The molecule has 1 aromatic carbocycles. The highest BCUT2D eigenvalue weighted by Gasteiger charge is 2.33. The van der Waals surface area contributed by atoms with Crippen molar-refractivity contribution in [3.05, 3.63) is 47.3 Å². The molecule has 1 N–H and O–H groups in total. The number of hydrogen-bond acceptors (Lipinski definition) is 5. The lowest BCUT2D eigenvalue weighted by Gasteiger charge is -2.30. The topological polar surface area (TPSA) is 75.7 Å². The van der Waals surface area contributed by atoms with Crippen molar-refractivity contribution in [3.63, 3.8) is 0 Å². The molecule has 0 bridgehead atoms. The summed E-state index contributed by atoms with van der Waals surface area (Å²) in [7, 11) is -3.52. The molecule has 164 valence electrons. The Bertz CT molecular complexity index is 950. The third-order valence-electron chi connectivity index (χ3n) is 5.20. The first-order chi connectivity index (χ1) is 14.2. The van der Waals surface area contributed by atoms with Gasteiger partial charge in [-0.05, 0) is 41.3 Å². The van der Waals surface area contributed by atoms with Crippen LogP contribution in [0.15, 0.2) is 46.0 Å². The van der Waals surface area contributed by atoms with Gasteiger partial charge in [-0.15, -0.1) is 11.3 Å². The van der Waals surface area contributed by atoms with Gasteiger partial charge in [-0.3, -0.25) is 4.79 Å². The van der Waals surface area contributed by atoms with Gasteiger partial charge in [-0.1, -0.05) is 45.0 Å². The lowest BCUT2D eigenvalue weighted by Crippen LogP contribution is -2.45. The van der Waals surface area contributed by atoms with Crippen LogP contribution in [0, 0.1) is 5.92 Å². The zero-order chi connectivity index (χ0) is 21.8. The summed E-state index contributed by atoms with van der Waals surface area (Å²) in [6, 6.07) is 11.3. The number of nitrogens with one attached hydrogen (secondary N) is 1. The smallest absolute Gasteiger partial charge is 0.252 e. The fourth-order valence-corrected chi connectivity index (χ4v) is 6.27. The number of piperidine rings is 1. The maximum atomic E-state index is 12.7. The lowest BCUT2D eigenvalue weighted by molar-refractivity contribution is -0.126. The lowest BCUT2D eigenvalue weighted by atomic mass is 9.86. The second-order valence-electron chi connectivity index (χ2n) is 8.52. The molecule has 0 radical (unpaired) electrons. The number of rotatable bonds is 7. The van der Waals surface area contributed by atoms with Gasteiger partial charge in [0.15, 0.2) is 0 Å². The Morgan fingerprint density at radius 2 is 2.00 bits per heavy atom. The summed E-state index contributed by atoms with van der Waals surface area (Å²) in [6.07, 6.45) is 1.37. The Balaban J connectivity index is 1.51. The standard InChI is InChI=1S/C22H30N2O4S2/c1-22(2,3)18-9-4-5-10-19(18)28-14-12-23-21(25)17-8-6-13-24(16-17)30(26,27)20-11-7-15-29-20/h4-5,7,9-11,15,17H,6,8,12-14,16H2,1-3H3,(H,23,25)/t17-/m0/s1. The van der Waals surface area contributed by atoms with Crippen molar-refractivity contribution in [1.29, 1.82) is 0 Å². The number of carbonyl (C=O) groups excluding carboxylic acids is 1. The number of amides is 1. The summed E-state index contributed by atoms with van der Waals surface area (Å²) < 4.78 is 33.1. The van der Waals surface area contributed by atoms with E-state index in [0.29, 0.717) is 36.7 Å². The number of ether oxygens (including phenoxy) is 1. The molecule has 1 aliphatic rings. The van der Waals surface area contributed by atoms with Gasteiger partial charge in [0.25, 0.3) is 10.0 Å². The number of carbonyl (C=O) groups is 1. The summed E-state index contributed by atoms with van der Waals surface area (Å²) >= 11 is 1.20. The van der Waals surface area contributed by atoms with Crippen LogP contribution in [-0.4, -0.2) is 44.9 Å². The molecule has 0 aliphatic carbocycles. The van der Waals surface area contributed by atoms with Crippen LogP contribution in [0.25, 0.3) is 0 Å². The molecular formula is C22H30N2O4S2. The van der Waals surface area contributed by atoms with Gasteiger partial charge >= 0.3 is 0 Å². The third kappa shape index (κ3) is 5.42. The molecule has 0 spiro atoms. The Hall–Kier alpha value is -1.90. The van der Waals surface area contributed by atoms with E-state index in [4.69, 9.17) is 4.74 Å². The van der Waals surface area contributed by atoms with Crippen LogP contribution < -0.4 is 10.1 Å². The Labute approximate surface area is 183 Å². The summed E-state index contributed by atoms with van der Waals surface area (Å²) in [4.78, 5) is 12.6. The first kappa shape index (κ1) is 22.8. The van der Waals surface area contributed by atoms with Crippen LogP contribution >= 0.6 is 11.3 Å². The molecule has 6 nitrogen and oxygen atoms in total. The van der Waals surface area contributed by atoms with Gasteiger partial charge in [-0.2, -0.15) is 4.31 Å². The highest BCUT2D eigenvalue weighted by Crippen LogP contribution is 2.31. The number of nitrogens with zero attached hydrogens (tertiary/aromatic N) is 1. The molecule has 2 heterocycles. The number of benzene rings is 1. The van der Waals surface area contributed by atoms with Crippen LogP contribution in [0.5, 0.6) is 5.75 Å². The van der Waals surface area contributed by atoms with Crippen molar-refractivity contribution in [2.75, 3.05) is 26.2 Å². The SMILES string of the molecule is CC(C)(C)c1ccccc1OCCNC(=O)[C@H]1CCCN(S(=O)(=O)c2cccs2)C1. The van der Waals surface area contributed by atoms with Gasteiger partial charge in [0.1, 0.15) is 16.6 Å². The molecule has 1 fully saturated rings. The quantitative estimate of drug-likeness (QED) is 0.654. The van der Waals surface area contributed by atoms with Crippen molar-refractivity contribution < 1.29 is 17.9 Å². The molecule has 1 aromatic heterocycles. The van der Waals surface area contributed by atoms with Gasteiger partial charge in [0.05, 0.1) is 12.5 Å². The monoisotopic (exact) mass is 450 g/mol. The molecule has 1 saturated heterocycles. The maximum absolute atomic E-state index is 12.7. The summed E-state index contributed by atoms with van der Waals surface area (Å²) in [5, 5.41) is 4.65. The van der Waals surface area contributed by atoms with Crippen LogP contribution in [0.3, 0.4) is 0 Å². The number of sulfonamides is 1. The number of thiophene rings is 1. The predicted molar refractivity (Wildman–Crippen MR) is 119 cm³/mol. The highest BCUT2D eigenvalue weighted by molar-refractivity contribution is 7.91. The molecule has 1 atom stereocenters. The second-order valence-corrected chi connectivity index (χ2v) is 11.6. The van der Waals surface area contributed by atoms with Crippen molar-refractivity contribution in [2.45, 2.75) is 43.2 Å². The van der Waals surface area contributed by atoms with Crippen LogP contribution in [0.2, 0.25) is 0 Å². The molecule has 0 saturated carbocycles. The van der Waals surface area contributed by atoms with E-state index in [9.17, 15) is 13.2 Å². The zero-order valence-corrected chi connectivity index (χ0v) is 19.4. The summed E-state index contributed by atoms with van der Waals surface area (Å²) in [5.74, 6) is 0.370. The van der Waals surface area contributed by atoms with Crippen molar-refractivity contribution in [3.8, 4) is 5.75 Å². The first-order valence-corrected chi connectivity index (χ1v) is 12.6. The fourth-order valence-electron chi connectivity index (χ4n) is 3.60. The van der Waals surface area contributed by atoms with E-state index in [1.54, 1.807) is 17.5 Å². The molecule has 1 aliphatic heterocycles. The molecule has 2 aromatic rings. The van der Waals surface area contributed by atoms with E-state index >= 15 is 0 Å². The number of hydrogen-bond donors (Lipinski definition) is 1. The summed E-state index contributed by atoms with van der Waals surface area (Å²) in [6.45, 7) is 7.83. The van der Waals surface area contributed by atoms with Gasteiger partial charge in [0, 0.05) is 13.1 Å². The van der Waals surface area contributed by atoms with Crippen molar-refractivity contribution >= 4 is 27.3 Å². The highest BCUT2D eigenvalue weighted by atomic mass is 32.2. The Morgan fingerprint density at radius 3 is 2.70 bits per heavy atom. The largest absolute Gasteiger partial charge is 0.491 e. The molecular weight excluding hydrogens is 420 g/mol. The fraction of sp³-hybridized carbons (Fsp3) is 0.500. The number of para-hydroxylation sites is 1. The molecule has 8 heteroatoms. The maximum Gasteiger partial charge on any atom is 0.252 e. The normalized spacial score (nSPS) is 18.2. The minimum absolute atomic E-state index is 0.0283.